The van der Waals surface area contributed by atoms with Crippen LogP contribution in [0.5, 0.6) is 0 Å². The highest BCUT2D eigenvalue weighted by Gasteiger charge is 2.33. The number of aliphatic hydroxyl groups is 1. The van der Waals surface area contributed by atoms with Gasteiger partial charge in [0.25, 0.3) is 0 Å². The molecule has 2 heterocycles. The molecule has 98 valence electrons. The summed E-state index contributed by atoms with van der Waals surface area (Å²) in [5, 5.41) is 13.2. The fourth-order valence-corrected chi connectivity index (χ4v) is 2.81. The van der Waals surface area contributed by atoms with Gasteiger partial charge in [0, 0.05) is 19.6 Å². The van der Waals surface area contributed by atoms with Gasteiger partial charge in [0.05, 0.1) is 11.5 Å². The molecular formula is C13H24N2O2. The van der Waals surface area contributed by atoms with E-state index in [1.807, 2.05) is 11.8 Å². The van der Waals surface area contributed by atoms with Gasteiger partial charge in [-0.15, -0.1) is 0 Å². The first-order valence-electron chi connectivity index (χ1n) is 6.70. The molecule has 2 atom stereocenters. The van der Waals surface area contributed by atoms with E-state index in [4.69, 9.17) is 0 Å². The molecule has 2 saturated heterocycles. The first-order valence-corrected chi connectivity index (χ1v) is 6.70. The first kappa shape index (κ1) is 12.8. The molecule has 2 rings (SSSR count). The number of hydrogen-bond acceptors (Lipinski definition) is 3. The summed E-state index contributed by atoms with van der Waals surface area (Å²) in [4.78, 5) is 14.2. The van der Waals surface area contributed by atoms with Crippen molar-refractivity contribution < 1.29 is 9.90 Å². The number of amides is 1. The minimum atomic E-state index is -0.575. The van der Waals surface area contributed by atoms with Crippen LogP contribution in [-0.2, 0) is 4.79 Å². The largest absolute Gasteiger partial charge is 0.390 e. The molecule has 0 spiro atoms. The maximum absolute atomic E-state index is 12.3. The maximum Gasteiger partial charge on any atom is 0.226 e. The number of piperidine rings is 2. The fourth-order valence-electron chi connectivity index (χ4n) is 2.81. The van der Waals surface area contributed by atoms with E-state index in [-0.39, 0.29) is 11.8 Å². The van der Waals surface area contributed by atoms with Gasteiger partial charge in [-0.1, -0.05) is 6.92 Å². The summed E-state index contributed by atoms with van der Waals surface area (Å²) >= 11 is 0. The zero-order valence-corrected chi connectivity index (χ0v) is 10.9. The molecule has 0 aliphatic carbocycles. The Labute approximate surface area is 103 Å². The number of rotatable bonds is 1. The molecule has 2 N–H and O–H groups in total. The zero-order chi connectivity index (χ0) is 12.5. The summed E-state index contributed by atoms with van der Waals surface area (Å²) in [5.74, 6) is 1.01. The fraction of sp³-hybridized carbons (Fsp3) is 0.923. The quantitative estimate of drug-likeness (QED) is 0.706. The van der Waals surface area contributed by atoms with Crippen molar-refractivity contribution in [2.75, 3.05) is 26.2 Å². The van der Waals surface area contributed by atoms with Crippen LogP contribution in [0, 0.1) is 11.8 Å². The summed E-state index contributed by atoms with van der Waals surface area (Å²) in [6.45, 7) is 7.30. The average molecular weight is 240 g/mol. The highest BCUT2D eigenvalue weighted by molar-refractivity contribution is 5.79. The summed E-state index contributed by atoms with van der Waals surface area (Å²) in [6.07, 6.45) is 2.40. The van der Waals surface area contributed by atoms with Crippen molar-refractivity contribution in [1.82, 2.24) is 10.2 Å². The SMILES string of the molecule is CC1CNCC(C(=O)N2CCC(C)(O)CC2)C1. The van der Waals surface area contributed by atoms with Crippen molar-refractivity contribution in [3.63, 3.8) is 0 Å². The molecule has 4 heteroatoms. The van der Waals surface area contributed by atoms with Gasteiger partial charge in [0.1, 0.15) is 0 Å². The monoisotopic (exact) mass is 240 g/mol. The van der Waals surface area contributed by atoms with Gasteiger partial charge in [0.2, 0.25) is 5.91 Å². The van der Waals surface area contributed by atoms with Gasteiger partial charge in [-0.3, -0.25) is 4.79 Å². The number of nitrogens with zero attached hydrogens (tertiary/aromatic N) is 1. The van der Waals surface area contributed by atoms with Gasteiger partial charge >= 0.3 is 0 Å². The minimum Gasteiger partial charge on any atom is -0.390 e. The summed E-state index contributed by atoms with van der Waals surface area (Å²) < 4.78 is 0. The lowest BCUT2D eigenvalue weighted by molar-refractivity contribution is -0.140. The number of nitrogens with one attached hydrogen (secondary N) is 1. The Morgan fingerprint density at radius 3 is 2.59 bits per heavy atom. The lowest BCUT2D eigenvalue weighted by atomic mass is 9.88. The van der Waals surface area contributed by atoms with Crippen LogP contribution in [0.3, 0.4) is 0 Å². The van der Waals surface area contributed by atoms with Crippen LogP contribution in [0.1, 0.15) is 33.1 Å². The van der Waals surface area contributed by atoms with Crippen LogP contribution in [0.25, 0.3) is 0 Å². The molecule has 2 unspecified atom stereocenters. The highest BCUT2D eigenvalue weighted by Crippen LogP contribution is 2.24. The third-order valence-electron chi connectivity index (χ3n) is 4.07. The molecule has 0 radical (unpaired) electrons. The molecule has 2 aliphatic rings. The van der Waals surface area contributed by atoms with E-state index in [2.05, 4.69) is 12.2 Å². The Kier molecular flexibility index (Phi) is 3.73. The van der Waals surface area contributed by atoms with Gasteiger partial charge in [-0.05, 0) is 38.6 Å². The highest BCUT2D eigenvalue weighted by atomic mass is 16.3. The minimum absolute atomic E-state index is 0.141. The van der Waals surface area contributed by atoms with E-state index in [1.165, 1.54) is 0 Å². The molecule has 0 bridgehead atoms. The Morgan fingerprint density at radius 2 is 2.00 bits per heavy atom. The molecule has 2 aliphatic heterocycles. The van der Waals surface area contributed by atoms with Gasteiger partial charge < -0.3 is 15.3 Å². The van der Waals surface area contributed by atoms with E-state index in [9.17, 15) is 9.90 Å². The summed E-state index contributed by atoms with van der Waals surface area (Å²) in [5.41, 5.74) is -0.575. The van der Waals surface area contributed by atoms with Crippen LogP contribution in [0.4, 0.5) is 0 Å². The molecular weight excluding hydrogens is 216 g/mol. The van der Waals surface area contributed by atoms with E-state index < -0.39 is 5.60 Å². The standard InChI is InChI=1S/C13H24N2O2/c1-10-7-11(9-14-8-10)12(16)15-5-3-13(2,17)4-6-15/h10-11,14,17H,3-9H2,1-2H3. The van der Waals surface area contributed by atoms with Crippen molar-refractivity contribution in [3.8, 4) is 0 Å². The predicted octanol–water partition coefficient (Wildman–Crippen LogP) is 0.605. The molecule has 0 saturated carbocycles. The van der Waals surface area contributed by atoms with Crippen molar-refractivity contribution >= 4 is 5.91 Å². The molecule has 4 nitrogen and oxygen atoms in total. The lowest BCUT2D eigenvalue weighted by Crippen LogP contribution is -2.50. The van der Waals surface area contributed by atoms with Gasteiger partial charge in [0.15, 0.2) is 0 Å². The van der Waals surface area contributed by atoms with E-state index >= 15 is 0 Å². The summed E-state index contributed by atoms with van der Waals surface area (Å²) in [6, 6.07) is 0. The first-order chi connectivity index (χ1) is 7.98. The van der Waals surface area contributed by atoms with Gasteiger partial charge in [-0.25, -0.2) is 0 Å². The third-order valence-corrected chi connectivity index (χ3v) is 4.07. The molecule has 1 amide bonds. The van der Waals surface area contributed by atoms with E-state index in [1.54, 1.807) is 0 Å². The van der Waals surface area contributed by atoms with E-state index in [0.29, 0.717) is 31.8 Å². The zero-order valence-electron chi connectivity index (χ0n) is 10.9. The van der Waals surface area contributed by atoms with Crippen molar-refractivity contribution in [3.05, 3.63) is 0 Å². The topological polar surface area (TPSA) is 52.6 Å². The maximum atomic E-state index is 12.3. The number of carbonyl (C=O) groups is 1. The van der Waals surface area contributed by atoms with Crippen LogP contribution < -0.4 is 5.32 Å². The van der Waals surface area contributed by atoms with Crippen molar-refractivity contribution in [2.45, 2.75) is 38.7 Å². The van der Waals surface area contributed by atoms with Crippen LogP contribution in [-0.4, -0.2) is 47.7 Å². The van der Waals surface area contributed by atoms with Crippen molar-refractivity contribution in [1.29, 1.82) is 0 Å². The second-order valence-corrected chi connectivity index (χ2v) is 6.02. The van der Waals surface area contributed by atoms with Crippen LogP contribution >= 0.6 is 0 Å². The Hall–Kier alpha value is -0.610. The smallest absolute Gasteiger partial charge is 0.226 e. The summed E-state index contributed by atoms with van der Waals surface area (Å²) in [7, 11) is 0. The Balaban J connectivity index is 1.88. The van der Waals surface area contributed by atoms with E-state index in [0.717, 1.165) is 19.5 Å². The van der Waals surface area contributed by atoms with Crippen LogP contribution in [0.15, 0.2) is 0 Å². The molecule has 17 heavy (non-hydrogen) atoms. The van der Waals surface area contributed by atoms with Gasteiger partial charge in [-0.2, -0.15) is 0 Å². The third kappa shape index (κ3) is 3.19. The number of hydrogen-bond donors (Lipinski definition) is 2. The lowest BCUT2D eigenvalue weighted by Gasteiger charge is -2.38. The van der Waals surface area contributed by atoms with Crippen molar-refractivity contribution in [2.24, 2.45) is 11.8 Å². The second-order valence-electron chi connectivity index (χ2n) is 6.02. The van der Waals surface area contributed by atoms with Crippen LogP contribution in [0.2, 0.25) is 0 Å². The predicted molar refractivity (Wildman–Crippen MR) is 66.6 cm³/mol. The molecule has 0 aromatic carbocycles. The Morgan fingerprint density at radius 1 is 1.35 bits per heavy atom. The second kappa shape index (κ2) is 4.94. The number of carbonyl (C=O) groups excluding carboxylic acids is 1. The molecule has 2 fully saturated rings. The Bertz CT molecular complexity index is 281. The normalized spacial score (nSPS) is 33.5. The number of likely N-dealkylation sites (tertiary alicyclic amines) is 1. The average Bonchev–Trinajstić information content (AvgIpc) is 2.28. The molecule has 0 aromatic heterocycles. The molecule has 0 aromatic rings.